The predicted molar refractivity (Wildman–Crippen MR) is 103 cm³/mol. The van der Waals surface area contributed by atoms with Crippen molar-refractivity contribution >= 4 is 22.5 Å². The first-order valence-electron chi connectivity index (χ1n) is 8.93. The number of aromatic amines is 1. The van der Waals surface area contributed by atoms with Crippen LogP contribution >= 0.6 is 0 Å². The third kappa shape index (κ3) is 3.28. The van der Waals surface area contributed by atoms with Crippen molar-refractivity contribution in [1.29, 1.82) is 0 Å². The van der Waals surface area contributed by atoms with Gasteiger partial charge in [0.05, 0.1) is 5.69 Å². The number of anilines is 1. The molecule has 0 saturated carbocycles. The minimum absolute atomic E-state index is 0.0769. The van der Waals surface area contributed by atoms with Gasteiger partial charge < -0.3 is 20.1 Å². The summed E-state index contributed by atoms with van der Waals surface area (Å²) in [7, 11) is 2.13. The van der Waals surface area contributed by atoms with Gasteiger partial charge in [-0.25, -0.2) is 0 Å². The van der Waals surface area contributed by atoms with E-state index in [9.17, 15) is 4.79 Å². The van der Waals surface area contributed by atoms with Gasteiger partial charge >= 0.3 is 0 Å². The van der Waals surface area contributed by atoms with Gasteiger partial charge in [0.2, 0.25) is 0 Å². The number of likely N-dealkylation sites (N-methyl/N-ethyl adjacent to an activating group) is 1. The molecule has 1 amide bonds. The number of carbonyl (C=O) groups is 1. The lowest BCUT2D eigenvalue weighted by Gasteiger charge is -2.34. The summed E-state index contributed by atoms with van der Waals surface area (Å²) in [6, 6.07) is 11.9. The normalized spacial score (nSPS) is 15.3. The molecule has 0 bridgehead atoms. The maximum atomic E-state index is 12.9. The largest absolute Gasteiger partial charge is 0.367 e. The Morgan fingerprint density at radius 2 is 1.85 bits per heavy atom. The smallest absolute Gasteiger partial charge is 0.270 e. The number of benzene rings is 1. The summed E-state index contributed by atoms with van der Waals surface area (Å²) in [4.78, 5) is 24.9. The van der Waals surface area contributed by atoms with Crippen molar-refractivity contribution in [3.05, 3.63) is 60.0 Å². The van der Waals surface area contributed by atoms with Crippen LogP contribution in [0.25, 0.3) is 10.9 Å². The fourth-order valence-corrected chi connectivity index (χ4v) is 3.42. The first kappa shape index (κ1) is 16.6. The molecule has 6 heteroatoms. The molecule has 1 aromatic carbocycles. The van der Waals surface area contributed by atoms with E-state index in [0.29, 0.717) is 12.2 Å². The zero-order valence-electron chi connectivity index (χ0n) is 14.9. The molecule has 0 spiro atoms. The van der Waals surface area contributed by atoms with Crippen LogP contribution in [0.5, 0.6) is 0 Å². The summed E-state index contributed by atoms with van der Waals surface area (Å²) in [5, 5.41) is 4.13. The maximum Gasteiger partial charge on any atom is 0.270 e. The molecule has 1 fully saturated rings. The molecule has 0 unspecified atom stereocenters. The number of pyridine rings is 1. The number of amides is 1. The van der Waals surface area contributed by atoms with Crippen molar-refractivity contribution in [2.45, 2.75) is 6.54 Å². The van der Waals surface area contributed by atoms with Gasteiger partial charge in [-0.3, -0.25) is 9.78 Å². The zero-order valence-corrected chi connectivity index (χ0v) is 14.9. The summed E-state index contributed by atoms with van der Waals surface area (Å²) in [6.07, 6.45) is 3.47. The van der Waals surface area contributed by atoms with E-state index in [4.69, 9.17) is 0 Å². The molecule has 26 heavy (non-hydrogen) atoms. The molecule has 0 radical (unpaired) electrons. The molecule has 0 atom stereocenters. The van der Waals surface area contributed by atoms with Crippen LogP contribution in [0.4, 0.5) is 5.69 Å². The van der Waals surface area contributed by atoms with Gasteiger partial charge in [0.1, 0.15) is 5.69 Å². The van der Waals surface area contributed by atoms with E-state index in [0.717, 1.165) is 48.3 Å². The zero-order chi connectivity index (χ0) is 17.9. The monoisotopic (exact) mass is 349 g/mol. The lowest BCUT2D eigenvalue weighted by Crippen LogP contribution is -2.45. The number of hydrogen-bond acceptors (Lipinski definition) is 4. The van der Waals surface area contributed by atoms with Crippen molar-refractivity contribution in [3.63, 3.8) is 0 Å². The summed E-state index contributed by atoms with van der Waals surface area (Å²) in [5.74, 6) is -0.0769. The Morgan fingerprint density at radius 1 is 1.12 bits per heavy atom. The molecule has 1 aliphatic heterocycles. The number of nitrogens with zero attached hydrogens (tertiary/aromatic N) is 3. The van der Waals surface area contributed by atoms with Gasteiger partial charge in [-0.15, -0.1) is 0 Å². The second kappa shape index (κ2) is 7.17. The Kier molecular flexibility index (Phi) is 4.58. The number of hydrogen-bond donors (Lipinski definition) is 2. The van der Waals surface area contributed by atoms with Crippen LogP contribution in [0.1, 0.15) is 16.1 Å². The number of carbonyl (C=O) groups excluding carboxylic acids is 1. The van der Waals surface area contributed by atoms with Gasteiger partial charge in [0.15, 0.2) is 0 Å². The van der Waals surface area contributed by atoms with Crippen LogP contribution in [0.3, 0.4) is 0 Å². The minimum atomic E-state index is -0.0769. The molecule has 1 saturated heterocycles. The van der Waals surface area contributed by atoms with Crippen LogP contribution in [-0.4, -0.2) is 54.0 Å². The molecule has 0 aliphatic carbocycles. The number of fused-ring (bicyclic) bond motifs is 1. The Morgan fingerprint density at radius 3 is 2.62 bits per heavy atom. The number of piperazine rings is 1. The average molecular weight is 349 g/mol. The fourth-order valence-electron chi connectivity index (χ4n) is 3.42. The van der Waals surface area contributed by atoms with Gasteiger partial charge in [-0.1, -0.05) is 18.2 Å². The number of H-pyrrole nitrogens is 1. The van der Waals surface area contributed by atoms with Gasteiger partial charge in [-0.05, 0) is 30.8 Å². The van der Waals surface area contributed by atoms with Crippen LogP contribution in [0.15, 0.2) is 48.8 Å². The maximum absolute atomic E-state index is 12.9. The Hall–Kier alpha value is -2.86. The summed E-state index contributed by atoms with van der Waals surface area (Å²) in [6.45, 7) is 4.32. The Balaban J connectivity index is 1.63. The predicted octanol–water partition coefficient (Wildman–Crippen LogP) is 2.24. The number of para-hydroxylation sites is 1. The summed E-state index contributed by atoms with van der Waals surface area (Å²) in [5.41, 5.74) is 3.69. The third-order valence-electron chi connectivity index (χ3n) is 4.93. The van der Waals surface area contributed by atoms with E-state index in [1.54, 1.807) is 12.4 Å². The molecule has 4 rings (SSSR count). The second-order valence-electron chi connectivity index (χ2n) is 6.72. The van der Waals surface area contributed by atoms with E-state index < -0.39 is 0 Å². The van der Waals surface area contributed by atoms with Crippen LogP contribution in [-0.2, 0) is 6.54 Å². The van der Waals surface area contributed by atoms with Crippen LogP contribution in [0, 0.1) is 0 Å². The van der Waals surface area contributed by atoms with E-state index in [1.165, 1.54) is 0 Å². The number of aromatic nitrogens is 2. The highest BCUT2D eigenvalue weighted by Crippen LogP contribution is 2.31. The number of nitrogens with one attached hydrogen (secondary N) is 2. The SMILES string of the molecule is CN1CCN(c2c(C(=O)NCc3ccncc3)[nH]c3ccccc23)CC1. The highest BCUT2D eigenvalue weighted by molar-refractivity contribution is 6.08. The average Bonchev–Trinajstić information content (AvgIpc) is 3.07. The molecule has 3 aromatic rings. The molecule has 2 aromatic heterocycles. The quantitative estimate of drug-likeness (QED) is 0.758. The lowest BCUT2D eigenvalue weighted by molar-refractivity contribution is 0.0947. The molecule has 2 N–H and O–H groups in total. The Labute approximate surface area is 152 Å². The van der Waals surface area contributed by atoms with Crippen molar-refractivity contribution in [3.8, 4) is 0 Å². The molecular weight excluding hydrogens is 326 g/mol. The van der Waals surface area contributed by atoms with E-state index in [2.05, 4.69) is 38.2 Å². The van der Waals surface area contributed by atoms with Gasteiger partial charge in [0, 0.05) is 56.0 Å². The van der Waals surface area contributed by atoms with Crippen molar-refractivity contribution in [2.75, 3.05) is 38.1 Å². The molecule has 6 nitrogen and oxygen atoms in total. The molecule has 134 valence electrons. The topological polar surface area (TPSA) is 64.3 Å². The lowest BCUT2D eigenvalue weighted by atomic mass is 10.1. The van der Waals surface area contributed by atoms with Crippen molar-refractivity contribution in [2.24, 2.45) is 0 Å². The summed E-state index contributed by atoms with van der Waals surface area (Å²) < 4.78 is 0. The van der Waals surface area contributed by atoms with E-state index in [1.807, 2.05) is 30.3 Å². The van der Waals surface area contributed by atoms with Crippen LogP contribution in [0.2, 0.25) is 0 Å². The summed E-state index contributed by atoms with van der Waals surface area (Å²) >= 11 is 0. The van der Waals surface area contributed by atoms with E-state index in [-0.39, 0.29) is 5.91 Å². The third-order valence-corrected chi connectivity index (χ3v) is 4.93. The van der Waals surface area contributed by atoms with Crippen molar-refractivity contribution in [1.82, 2.24) is 20.2 Å². The highest BCUT2D eigenvalue weighted by Gasteiger charge is 2.24. The fraction of sp³-hybridized carbons (Fsp3) is 0.300. The Bertz CT molecular complexity index is 897. The first-order chi connectivity index (χ1) is 12.7. The second-order valence-corrected chi connectivity index (χ2v) is 6.72. The highest BCUT2D eigenvalue weighted by atomic mass is 16.1. The number of rotatable bonds is 4. The molecule has 1 aliphatic rings. The first-order valence-corrected chi connectivity index (χ1v) is 8.93. The van der Waals surface area contributed by atoms with Gasteiger partial charge in [-0.2, -0.15) is 0 Å². The van der Waals surface area contributed by atoms with Crippen LogP contribution < -0.4 is 10.2 Å². The molecule has 3 heterocycles. The van der Waals surface area contributed by atoms with E-state index >= 15 is 0 Å². The standard InChI is InChI=1S/C20H23N5O/c1-24-10-12-25(13-11-24)19-16-4-2-3-5-17(16)23-18(19)20(26)22-14-15-6-8-21-9-7-15/h2-9,23H,10-14H2,1H3,(H,22,26). The van der Waals surface area contributed by atoms with Gasteiger partial charge in [0.25, 0.3) is 5.91 Å². The molecular formula is C20H23N5O. The van der Waals surface area contributed by atoms with Crippen molar-refractivity contribution < 1.29 is 4.79 Å². The minimum Gasteiger partial charge on any atom is -0.367 e.